The fourth-order valence-electron chi connectivity index (χ4n) is 3.64. The molecule has 1 saturated heterocycles. The van der Waals surface area contributed by atoms with Crippen LogP contribution >= 0.6 is 0 Å². The number of ether oxygens (including phenoxy) is 1. The number of aromatic nitrogens is 1. The molecule has 0 radical (unpaired) electrons. The average Bonchev–Trinajstić information content (AvgIpc) is 3.05. The lowest BCUT2D eigenvalue weighted by Crippen LogP contribution is -2.45. The second kappa shape index (κ2) is 7.66. The van der Waals surface area contributed by atoms with Crippen molar-refractivity contribution >= 4 is 22.7 Å². The van der Waals surface area contributed by atoms with E-state index in [-0.39, 0.29) is 11.8 Å². The van der Waals surface area contributed by atoms with Gasteiger partial charge in [-0.1, -0.05) is 25.1 Å². The molecule has 1 aromatic carbocycles. The molecule has 0 saturated carbocycles. The summed E-state index contributed by atoms with van der Waals surface area (Å²) in [6, 6.07) is 8.25. The minimum Gasteiger partial charge on any atom is -0.466 e. The van der Waals surface area contributed by atoms with Crippen LogP contribution in [0.2, 0.25) is 0 Å². The highest BCUT2D eigenvalue weighted by atomic mass is 16.5. The first-order chi connectivity index (χ1) is 12.1. The zero-order chi connectivity index (χ0) is 17.8. The number of hydrogen-bond donors (Lipinski definition) is 1. The molecule has 1 atom stereocenters. The number of nitrogens with zero attached hydrogens (tertiary/aromatic N) is 1. The van der Waals surface area contributed by atoms with Crippen molar-refractivity contribution in [2.75, 3.05) is 20.2 Å². The first kappa shape index (κ1) is 17.4. The van der Waals surface area contributed by atoms with Gasteiger partial charge < -0.3 is 9.72 Å². The van der Waals surface area contributed by atoms with Gasteiger partial charge in [-0.05, 0) is 24.5 Å². The molecule has 25 heavy (non-hydrogen) atoms. The van der Waals surface area contributed by atoms with Crippen LogP contribution in [0.25, 0.3) is 10.9 Å². The van der Waals surface area contributed by atoms with E-state index in [0.29, 0.717) is 12.0 Å². The number of fused-ring (bicyclic) bond motifs is 1. The zero-order valence-electron chi connectivity index (χ0n) is 14.7. The van der Waals surface area contributed by atoms with Crippen molar-refractivity contribution in [3.8, 4) is 0 Å². The summed E-state index contributed by atoms with van der Waals surface area (Å²) in [5, 5.41) is 1.24. The Morgan fingerprint density at radius 2 is 2.20 bits per heavy atom. The molecule has 1 unspecified atom stereocenters. The fourth-order valence-corrected chi connectivity index (χ4v) is 3.64. The molecule has 2 aromatic rings. The summed E-state index contributed by atoms with van der Waals surface area (Å²) >= 11 is 0. The Labute approximate surface area is 147 Å². The van der Waals surface area contributed by atoms with E-state index in [1.165, 1.54) is 24.1 Å². The van der Waals surface area contributed by atoms with Crippen LogP contribution in [-0.4, -0.2) is 47.9 Å². The number of hydrogen-bond acceptors (Lipinski definition) is 4. The van der Waals surface area contributed by atoms with Crippen LogP contribution in [0, 0.1) is 0 Å². The van der Waals surface area contributed by atoms with Crippen molar-refractivity contribution in [2.24, 2.45) is 0 Å². The van der Waals surface area contributed by atoms with Crippen LogP contribution in [0.3, 0.4) is 0 Å². The Balaban J connectivity index is 1.76. The highest BCUT2D eigenvalue weighted by Gasteiger charge is 2.31. The van der Waals surface area contributed by atoms with E-state index >= 15 is 0 Å². The van der Waals surface area contributed by atoms with Gasteiger partial charge in [0.05, 0.1) is 7.11 Å². The number of para-hydroxylation sites is 1. The lowest BCUT2D eigenvalue weighted by Gasteiger charge is -2.36. The van der Waals surface area contributed by atoms with Gasteiger partial charge in [0.25, 0.3) is 0 Å². The standard InChI is InChI=1S/C20H24N2O3/c1-3-18-16(12-20(24)25-2)19(23)9-11-22(18)10-8-14-13-21-17-7-5-4-6-15(14)17/h4-7,12-13,18,21H,3,8-11H2,1-2H3/b16-12-. The predicted molar refractivity (Wildman–Crippen MR) is 97.4 cm³/mol. The lowest BCUT2D eigenvalue weighted by molar-refractivity contribution is -0.135. The SMILES string of the molecule is CCC1/C(=C/C(=O)OC)C(=O)CCN1CCc1c[nH]c2ccccc12. The zero-order valence-corrected chi connectivity index (χ0v) is 14.7. The molecule has 2 heterocycles. The number of likely N-dealkylation sites (tertiary alicyclic amines) is 1. The number of aromatic amines is 1. The molecule has 1 fully saturated rings. The Kier molecular flexibility index (Phi) is 5.34. The smallest absolute Gasteiger partial charge is 0.330 e. The molecule has 5 heteroatoms. The van der Waals surface area contributed by atoms with Crippen LogP contribution in [0.5, 0.6) is 0 Å². The Hall–Kier alpha value is -2.40. The van der Waals surface area contributed by atoms with E-state index in [9.17, 15) is 9.59 Å². The number of methoxy groups -OCH3 is 1. The van der Waals surface area contributed by atoms with E-state index in [1.54, 1.807) is 0 Å². The van der Waals surface area contributed by atoms with Gasteiger partial charge in [-0.15, -0.1) is 0 Å². The Morgan fingerprint density at radius 1 is 1.40 bits per heavy atom. The highest BCUT2D eigenvalue weighted by Crippen LogP contribution is 2.24. The first-order valence-electron chi connectivity index (χ1n) is 8.75. The van der Waals surface area contributed by atoms with E-state index in [1.807, 2.05) is 19.1 Å². The minimum absolute atomic E-state index is 0.0226. The summed E-state index contributed by atoms with van der Waals surface area (Å²) in [6.07, 6.45) is 5.58. The normalized spacial score (nSPS) is 20.3. The Morgan fingerprint density at radius 3 is 2.96 bits per heavy atom. The van der Waals surface area contributed by atoms with Gasteiger partial charge in [0.2, 0.25) is 0 Å². The summed E-state index contributed by atoms with van der Waals surface area (Å²) in [6.45, 7) is 3.64. The number of esters is 1. The second-order valence-electron chi connectivity index (χ2n) is 6.37. The van der Waals surface area contributed by atoms with Crippen molar-refractivity contribution in [1.29, 1.82) is 0 Å². The van der Waals surface area contributed by atoms with Crippen LogP contribution in [0.1, 0.15) is 25.3 Å². The number of rotatable bonds is 5. The molecule has 1 aromatic heterocycles. The summed E-state index contributed by atoms with van der Waals surface area (Å²) in [7, 11) is 1.34. The van der Waals surface area contributed by atoms with Gasteiger partial charge in [-0.25, -0.2) is 4.79 Å². The number of piperidine rings is 1. The molecular formula is C20H24N2O3. The fraction of sp³-hybridized carbons (Fsp3) is 0.400. The van der Waals surface area contributed by atoms with Gasteiger partial charge in [0, 0.05) is 54.3 Å². The maximum absolute atomic E-state index is 12.3. The number of benzene rings is 1. The van der Waals surface area contributed by atoms with Crippen molar-refractivity contribution in [2.45, 2.75) is 32.2 Å². The summed E-state index contributed by atoms with van der Waals surface area (Å²) in [5.74, 6) is -0.402. The van der Waals surface area contributed by atoms with Crippen molar-refractivity contribution in [1.82, 2.24) is 9.88 Å². The minimum atomic E-state index is -0.458. The number of H-pyrrole nitrogens is 1. The maximum atomic E-state index is 12.3. The monoisotopic (exact) mass is 340 g/mol. The van der Waals surface area contributed by atoms with Crippen molar-refractivity contribution < 1.29 is 14.3 Å². The van der Waals surface area contributed by atoms with Crippen molar-refractivity contribution in [3.63, 3.8) is 0 Å². The number of nitrogens with one attached hydrogen (secondary N) is 1. The quantitative estimate of drug-likeness (QED) is 0.671. The maximum Gasteiger partial charge on any atom is 0.330 e. The number of ketones is 1. The highest BCUT2D eigenvalue weighted by molar-refractivity contribution is 6.02. The molecule has 1 aliphatic rings. The average molecular weight is 340 g/mol. The van der Waals surface area contributed by atoms with E-state index in [4.69, 9.17) is 4.74 Å². The molecule has 0 bridgehead atoms. The Bertz CT molecular complexity index is 806. The molecule has 3 rings (SSSR count). The van der Waals surface area contributed by atoms with E-state index in [2.05, 4.69) is 28.2 Å². The molecule has 0 amide bonds. The largest absolute Gasteiger partial charge is 0.466 e. The van der Waals surface area contributed by atoms with Crippen LogP contribution in [0.4, 0.5) is 0 Å². The number of carbonyl (C=O) groups excluding carboxylic acids is 2. The lowest BCUT2D eigenvalue weighted by atomic mass is 9.91. The summed E-state index contributed by atoms with van der Waals surface area (Å²) in [5.41, 5.74) is 3.00. The van der Waals surface area contributed by atoms with Gasteiger partial charge in [-0.3, -0.25) is 9.69 Å². The molecule has 5 nitrogen and oxygen atoms in total. The van der Waals surface area contributed by atoms with Crippen LogP contribution in [-0.2, 0) is 20.7 Å². The molecule has 1 aliphatic heterocycles. The molecule has 132 valence electrons. The van der Waals surface area contributed by atoms with Crippen molar-refractivity contribution in [3.05, 3.63) is 47.7 Å². The summed E-state index contributed by atoms with van der Waals surface area (Å²) < 4.78 is 4.71. The van der Waals surface area contributed by atoms with Crippen LogP contribution < -0.4 is 0 Å². The van der Waals surface area contributed by atoms with Gasteiger partial charge in [-0.2, -0.15) is 0 Å². The molecule has 1 N–H and O–H groups in total. The van der Waals surface area contributed by atoms with Gasteiger partial charge in [0.1, 0.15) is 0 Å². The van der Waals surface area contributed by atoms with Crippen LogP contribution in [0.15, 0.2) is 42.1 Å². The summed E-state index contributed by atoms with van der Waals surface area (Å²) in [4.78, 5) is 29.5. The number of carbonyl (C=O) groups is 2. The van der Waals surface area contributed by atoms with E-state index in [0.717, 1.165) is 31.4 Å². The first-order valence-corrected chi connectivity index (χ1v) is 8.75. The van der Waals surface area contributed by atoms with E-state index < -0.39 is 5.97 Å². The molecule has 0 spiro atoms. The molecular weight excluding hydrogens is 316 g/mol. The number of Topliss-reactive ketones (excluding diaryl/α,β-unsaturated/α-hetero) is 1. The third-order valence-corrected chi connectivity index (χ3v) is 4.95. The molecule has 0 aliphatic carbocycles. The second-order valence-corrected chi connectivity index (χ2v) is 6.37. The third-order valence-electron chi connectivity index (χ3n) is 4.95. The van der Waals surface area contributed by atoms with Gasteiger partial charge in [0.15, 0.2) is 5.78 Å². The predicted octanol–water partition coefficient (Wildman–Crippen LogP) is 2.86. The van der Waals surface area contributed by atoms with Gasteiger partial charge >= 0.3 is 5.97 Å². The topological polar surface area (TPSA) is 62.4 Å². The third kappa shape index (κ3) is 3.66.